The largest absolute Gasteiger partial charge is 0.478 e. The number of alkyl halides is 3. The first-order valence-electron chi connectivity index (χ1n) is 11.9. The van der Waals surface area contributed by atoms with E-state index < -0.39 is 23.8 Å². The zero-order valence-electron chi connectivity index (χ0n) is 20.6. The molecule has 10 heteroatoms. The van der Waals surface area contributed by atoms with Gasteiger partial charge in [0.15, 0.2) is 0 Å². The first-order valence-corrected chi connectivity index (χ1v) is 12.8. The number of fused-ring (bicyclic) bond motifs is 1. The van der Waals surface area contributed by atoms with E-state index in [9.17, 15) is 22.8 Å². The maximum absolute atomic E-state index is 13.6. The Labute approximate surface area is 225 Å². The van der Waals surface area contributed by atoms with Crippen molar-refractivity contribution in [1.82, 2.24) is 14.9 Å². The summed E-state index contributed by atoms with van der Waals surface area (Å²) in [5.74, 6) is -1.39. The summed E-state index contributed by atoms with van der Waals surface area (Å²) in [6, 6.07) is 16.4. The molecule has 0 spiro atoms. The second-order valence-electron chi connectivity index (χ2n) is 9.08. The van der Waals surface area contributed by atoms with E-state index in [0.717, 1.165) is 28.1 Å². The third-order valence-electron chi connectivity index (χ3n) is 6.42. The van der Waals surface area contributed by atoms with Gasteiger partial charge in [-0.05, 0) is 59.8 Å². The van der Waals surface area contributed by atoms with E-state index in [1.54, 1.807) is 35.8 Å². The van der Waals surface area contributed by atoms with Gasteiger partial charge in [0.05, 0.1) is 34.4 Å². The average molecular weight is 550 g/mol. The fraction of sp³-hybridized carbons (Fsp3) is 0.138. The number of hydrogen-bond donors (Lipinski definition) is 2. The van der Waals surface area contributed by atoms with E-state index in [4.69, 9.17) is 5.11 Å². The SMILES string of the molecule is CC(NC(=O)c1cc(-c2cccs2)cn2ncc(Cc3ccc(C(F)(F)F)cc3)c12)c1ccc(C(=O)O)cc1. The molecule has 0 saturated heterocycles. The van der Waals surface area contributed by atoms with Crippen LogP contribution in [0.2, 0.25) is 0 Å². The Kier molecular flexibility index (Phi) is 6.96. The van der Waals surface area contributed by atoms with Crippen LogP contribution in [0.1, 0.15) is 55.9 Å². The molecule has 5 rings (SSSR count). The van der Waals surface area contributed by atoms with Gasteiger partial charge in [-0.2, -0.15) is 18.3 Å². The molecule has 1 unspecified atom stereocenters. The number of hydrogen-bond acceptors (Lipinski definition) is 4. The highest BCUT2D eigenvalue weighted by atomic mass is 32.1. The summed E-state index contributed by atoms with van der Waals surface area (Å²) >= 11 is 1.52. The molecule has 1 amide bonds. The van der Waals surface area contributed by atoms with Crippen LogP contribution in [-0.2, 0) is 12.6 Å². The van der Waals surface area contributed by atoms with Crippen molar-refractivity contribution in [3.8, 4) is 10.4 Å². The molecule has 2 N–H and O–H groups in total. The molecule has 0 aliphatic rings. The minimum absolute atomic E-state index is 0.148. The molecule has 0 aliphatic heterocycles. The number of pyridine rings is 1. The number of rotatable bonds is 7. The monoisotopic (exact) mass is 549 g/mol. The molecule has 5 aromatic rings. The molecule has 1 atom stereocenters. The summed E-state index contributed by atoms with van der Waals surface area (Å²) < 4.78 is 40.6. The Bertz CT molecular complexity index is 1640. The van der Waals surface area contributed by atoms with Crippen LogP contribution in [0.25, 0.3) is 16.0 Å². The number of carboxylic acids is 1. The summed E-state index contributed by atoms with van der Waals surface area (Å²) in [5.41, 5.74) is 3.22. The molecule has 3 heterocycles. The Hall–Kier alpha value is -4.44. The average Bonchev–Trinajstić information content (AvgIpc) is 3.59. The third kappa shape index (κ3) is 5.56. The van der Waals surface area contributed by atoms with E-state index in [1.165, 1.54) is 35.6 Å². The zero-order valence-corrected chi connectivity index (χ0v) is 21.4. The van der Waals surface area contributed by atoms with Gasteiger partial charge in [-0.3, -0.25) is 4.79 Å². The van der Waals surface area contributed by atoms with Gasteiger partial charge in [-0.15, -0.1) is 11.3 Å². The van der Waals surface area contributed by atoms with Gasteiger partial charge in [0, 0.05) is 28.6 Å². The third-order valence-corrected chi connectivity index (χ3v) is 7.34. The van der Waals surface area contributed by atoms with E-state index in [2.05, 4.69) is 10.4 Å². The quantitative estimate of drug-likeness (QED) is 0.232. The summed E-state index contributed by atoms with van der Waals surface area (Å²) in [5, 5.41) is 18.5. The van der Waals surface area contributed by atoms with Crippen LogP contribution in [0.3, 0.4) is 0 Å². The fourth-order valence-corrected chi connectivity index (χ4v) is 5.08. The second kappa shape index (κ2) is 10.4. The molecule has 2 aromatic carbocycles. The molecule has 0 aliphatic carbocycles. The van der Waals surface area contributed by atoms with Crippen molar-refractivity contribution < 1.29 is 27.9 Å². The Morgan fingerprint density at radius 2 is 1.79 bits per heavy atom. The highest BCUT2D eigenvalue weighted by Crippen LogP contribution is 2.31. The highest BCUT2D eigenvalue weighted by Gasteiger charge is 2.30. The molecule has 39 heavy (non-hydrogen) atoms. The lowest BCUT2D eigenvalue weighted by Crippen LogP contribution is -2.27. The van der Waals surface area contributed by atoms with Gasteiger partial charge in [-0.1, -0.05) is 30.3 Å². The number of thiophene rings is 1. The number of aromatic nitrogens is 2. The van der Waals surface area contributed by atoms with Crippen LogP contribution < -0.4 is 5.32 Å². The standard InChI is InChI=1S/C29H22F3N3O3S/c1-17(19-6-8-20(9-7-19)28(37)38)34-27(36)24-14-22(25-3-2-12-39-25)16-35-26(24)21(15-33-35)13-18-4-10-23(11-5-18)29(30,31)32/h2-12,14-17H,13H2,1H3,(H,34,36)(H,37,38). The minimum Gasteiger partial charge on any atom is -0.478 e. The van der Waals surface area contributed by atoms with Crippen molar-refractivity contribution >= 4 is 28.7 Å². The lowest BCUT2D eigenvalue weighted by molar-refractivity contribution is -0.137. The Morgan fingerprint density at radius 3 is 2.41 bits per heavy atom. The van der Waals surface area contributed by atoms with Gasteiger partial charge in [0.2, 0.25) is 0 Å². The van der Waals surface area contributed by atoms with Crippen molar-refractivity contribution in [1.29, 1.82) is 0 Å². The molecule has 0 radical (unpaired) electrons. The van der Waals surface area contributed by atoms with E-state index in [0.29, 0.717) is 22.2 Å². The van der Waals surface area contributed by atoms with Crippen LogP contribution in [0.4, 0.5) is 13.2 Å². The molecule has 3 aromatic heterocycles. The van der Waals surface area contributed by atoms with Crippen LogP contribution in [0.5, 0.6) is 0 Å². The smallest absolute Gasteiger partial charge is 0.416 e. The van der Waals surface area contributed by atoms with E-state index in [-0.39, 0.29) is 17.9 Å². The summed E-state index contributed by atoms with van der Waals surface area (Å²) in [7, 11) is 0. The van der Waals surface area contributed by atoms with E-state index in [1.807, 2.05) is 23.7 Å². The number of nitrogens with zero attached hydrogens (tertiary/aromatic N) is 2. The normalized spacial score (nSPS) is 12.4. The van der Waals surface area contributed by atoms with Gasteiger partial charge in [0.1, 0.15) is 0 Å². The van der Waals surface area contributed by atoms with Gasteiger partial charge >= 0.3 is 12.1 Å². The molecule has 6 nitrogen and oxygen atoms in total. The van der Waals surface area contributed by atoms with Crippen molar-refractivity contribution in [3.05, 3.63) is 118 Å². The molecular formula is C29H22F3N3O3S. The first kappa shape index (κ1) is 26.2. The van der Waals surface area contributed by atoms with Crippen LogP contribution in [0.15, 0.2) is 84.5 Å². The highest BCUT2D eigenvalue weighted by molar-refractivity contribution is 7.13. The first-order chi connectivity index (χ1) is 18.6. The Morgan fingerprint density at radius 1 is 1.08 bits per heavy atom. The number of aromatic carboxylic acids is 1. The van der Waals surface area contributed by atoms with Crippen LogP contribution in [0, 0.1) is 0 Å². The predicted molar refractivity (Wildman–Crippen MR) is 142 cm³/mol. The molecule has 0 saturated carbocycles. The van der Waals surface area contributed by atoms with E-state index >= 15 is 0 Å². The summed E-state index contributed by atoms with van der Waals surface area (Å²) in [6.45, 7) is 1.80. The number of amides is 1. The Balaban J connectivity index is 1.50. The maximum Gasteiger partial charge on any atom is 0.416 e. The molecule has 0 fully saturated rings. The minimum atomic E-state index is -4.42. The molecule has 0 bridgehead atoms. The van der Waals surface area contributed by atoms with Gasteiger partial charge < -0.3 is 10.4 Å². The number of carbonyl (C=O) groups is 2. The van der Waals surface area contributed by atoms with Crippen molar-refractivity contribution in [2.75, 3.05) is 0 Å². The summed E-state index contributed by atoms with van der Waals surface area (Å²) in [6.07, 6.45) is -0.693. The van der Waals surface area contributed by atoms with Crippen molar-refractivity contribution in [2.45, 2.75) is 25.6 Å². The van der Waals surface area contributed by atoms with Gasteiger partial charge in [-0.25, -0.2) is 9.31 Å². The molecule has 198 valence electrons. The van der Waals surface area contributed by atoms with Crippen molar-refractivity contribution in [2.24, 2.45) is 0 Å². The number of halogens is 3. The topological polar surface area (TPSA) is 83.7 Å². The fourth-order valence-electron chi connectivity index (χ4n) is 4.37. The van der Waals surface area contributed by atoms with Crippen molar-refractivity contribution in [3.63, 3.8) is 0 Å². The maximum atomic E-state index is 13.6. The number of carbonyl (C=O) groups excluding carboxylic acids is 1. The van der Waals surface area contributed by atoms with Gasteiger partial charge in [0.25, 0.3) is 5.91 Å². The molecular weight excluding hydrogens is 527 g/mol. The summed E-state index contributed by atoms with van der Waals surface area (Å²) in [4.78, 5) is 25.7. The predicted octanol–water partition coefficient (Wildman–Crippen LogP) is 6.86. The lowest BCUT2D eigenvalue weighted by Gasteiger charge is -2.16. The number of carboxylic acid groups (broad SMARTS) is 1. The van der Waals surface area contributed by atoms with Crippen LogP contribution in [-0.4, -0.2) is 26.6 Å². The lowest BCUT2D eigenvalue weighted by atomic mass is 10.0. The van der Waals surface area contributed by atoms with Crippen LogP contribution >= 0.6 is 11.3 Å². The zero-order chi connectivity index (χ0) is 27.7. The number of nitrogens with one attached hydrogen (secondary N) is 1. The number of benzene rings is 2. The second-order valence-corrected chi connectivity index (χ2v) is 10.0.